The van der Waals surface area contributed by atoms with Gasteiger partial charge in [-0.1, -0.05) is 13.8 Å². The molecule has 5 heteroatoms. The average molecular weight is 261 g/mol. The number of rotatable bonds is 6. The predicted molar refractivity (Wildman–Crippen MR) is 78.3 cm³/mol. The van der Waals surface area contributed by atoms with E-state index >= 15 is 0 Å². The van der Waals surface area contributed by atoms with Gasteiger partial charge in [0.05, 0.1) is 12.0 Å². The molecule has 0 amide bonds. The fourth-order valence-electron chi connectivity index (χ4n) is 1.76. The predicted octanol–water partition coefficient (Wildman–Crippen LogP) is 2.63. The fraction of sp³-hybridized carbons (Fsp3) is 0.643. The SMILES string of the molecule is CCN(CC(C)C#N)c1cc(NC)nc(C(C)C)n1. The third-order valence-electron chi connectivity index (χ3n) is 2.92. The Kier molecular flexibility index (Phi) is 5.56. The molecule has 104 valence electrons. The van der Waals surface area contributed by atoms with Crippen molar-refractivity contribution in [2.75, 3.05) is 30.4 Å². The maximum absolute atomic E-state index is 8.95. The summed E-state index contributed by atoms with van der Waals surface area (Å²) in [7, 11) is 1.85. The Balaban J connectivity index is 3.09. The number of hydrogen-bond donors (Lipinski definition) is 1. The molecule has 1 aromatic rings. The van der Waals surface area contributed by atoms with Gasteiger partial charge in [-0.2, -0.15) is 5.26 Å². The van der Waals surface area contributed by atoms with Gasteiger partial charge in [-0.05, 0) is 13.8 Å². The first kappa shape index (κ1) is 15.2. The molecule has 0 radical (unpaired) electrons. The zero-order valence-electron chi connectivity index (χ0n) is 12.4. The van der Waals surface area contributed by atoms with E-state index < -0.39 is 0 Å². The van der Waals surface area contributed by atoms with E-state index in [2.05, 4.69) is 47.0 Å². The lowest BCUT2D eigenvalue weighted by molar-refractivity contribution is 0.672. The van der Waals surface area contributed by atoms with Crippen molar-refractivity contribution in [2.24, 2.45) is 5.92 Å². The zero-order valence-corrected chi connectivity index (χ0v) is 12.4. The van der Waals surface area contributed by atoms with Crippen LogP contribution < -0.4 is 10.2 Å². The van der Waals surface area contributed by atoms with Crippen molar-refractivity contribution in [2.45, 2.75) is 33.6 Å². The highest BCUT2D eigenvalue weighted by molar-refractivity contribution is 5.49. The molecule has 1 unspecified atom stereocenters. The van der Waals surface area contributed by atoms with Crippen molar-refractivity contribution in [1.29, 1.82) is 5.26 Å². The molecule has 5 nitrogen and oxygen atoms in total. The van der Waals surface area contributed by atoms with E-state index in [1.807, 2.05) is 20.0 Å². The molecule has 1 N–H and O–H groups in total. The molecule has 0 aromatic carbocycles. The molecule has 0 bridgehead atoms. The van der Waals surface area contributed by atoms with Crippen LogP contribution in [-0.2, 0) is 0 Å². The summed E-state index contributed by atoms with van der Waals surface area (Å²) < 4.78 is 0. The van der Waals surface area contributed by atoms with Gasteiger partial charge in [0.25, 0.3) is 0 Å². The van der Waals surface area contributed by atoms with Gasteiger partial charge in [0.1, 0.15) is 17.5 Å². The summed E-state index contributed by atoms with van der Waals surface area (Å²) in [5, 5.41) is 12.0. The molecule has 0 saturated carbocycles. The molecule has 19 heavy (non-hydrogen) atoms. The maximum Gasteiger partial charge on any atom is 0.135 e. The van der Waals surface area contributed by atoms with Crippen LogP contribution in [0.2, 0.25) is 0 Å². The first-order valence-electron chi connectivity index (χ1n) is 6.73. The van der Waals surface area contributed by atoms with E-state index in [-0.39, 0.29) is 11.8 Å². The lowest BCUT2D eigenvalue weighted by atomic mass is 10.2. The van der Waals surface area contributed by atoms with Crippen LogP contribution in [0.4, 0.5) is 11.6 Å². The van der Waals surface area contributed by atoms with E-state index in [1.165, 1.54) is 0 Å². The van der Waals surface area contributed by atoms with Crippen LogP contribution in [0, 0.1) is 17.2 Å². The minimum atomic E-state index is -0.0181. The monoisotopic (exact) mass is 261 g/mol. The largest absolute Gasteiger partial charge is 0.373 e. The first-order valence-corrected chi connectivity index (χ1v) is 6.73. The lowest BCUT2D eigenvalue weighted by Crippen LogP contribution is -2.29. The van der Waals surface area contributed by atoms with Crippen LogP contribution in [0.5, 0.6) is 0 Å². The van der Waals surface area contributed by atoms with Gasteiger partial charge in [0.2, 0.25) is 0 Å². The molecule has 1 aromatic heterocycles. The molecular weight excluding hydrogens is 238 g/mol. The molecule has 1 rings (SSSR count). The molecule has 0 spiro atoms. The second-order valence-corrected chi connectivity index (χ2v) is 4.94. The van der Waals surface area contributed by atoms with Crippen LogP contribution in [0.1, 0.15) is 39.4 Å². The highest BCUT2D eigenvalue weighted by Crippen LogP contribution is 2.20. The summed E-state index contributed by atoms with van der Waals surface area (Å²) in [5.41, 5.74) is 0. The van der Waals surface area contributed by atoms with Gasteiger partial charge in [0.15, 0.2) is 0 Å². The number of aromatic nitrogens is 2. The average Bonchev–Trinajstić information content (AvgIpc) is 2.43. The Morgan fingerprint density at radius 1 is 1.37 bits per heavy atom. The van der Waals surface area contributed by atoms with Gasteiger partial charge < -0.3 is 10.2 Å². The topological polar surface area (TPSA) is 64.8 Å². The first-order chi connectivity index (χ1) is 9.01. The smallest absolute Gasteiger partial charge is 0.135 e. The summed E-state index contributed by atoms with van der Waals surface area (Å²) in [4.78, 5) is 11.2. The lowest BCUT2D eigenvalue weighted by Gasteiger charge is -2.24. The third kappa shape index (κ3) is 4.09. The Labute approximate surface area is 115 Å². The summed E-state index contributed by atoms with van der Waals surface area (Å²) in [6.07, 6.45) is 0. The molecule has 0 aliphatic heterocycles. The van der Waals surface area contributed by atoms with E-state index in [1.54, 1.807) is 0 Å². The second kappa shape index (κ2) is 6.93. The van der Waals surface area contributed by atoms with Crippen molar-refractivity contribution < 1.29 is 0 Å². The summed E-state index contributed by atoms with van der Waals surface area (Å²) in [6.45, 7) is 9.65. The highest BCUT2D eigenvalue weighted by Gasteiger charge is 2.14. The molecule has 0 aliphatic carbocycles. The molecule has 0 saturated heterocycles. The van der Waals surface area contributed by atoms with Crippen molar-refractivity contribution in [1.82, 2.24) is 9.97 Å². The van der Waals surface area contributed by atoms with Crippen LogP contribution in [0.15, 0.2) is 6.07 Å². The van der Waals surface area contributed by atoms with E-state index in [4.69, 9.17) is 5.26 Å². The fourth-order valence-corrected chi connectivity index (χ4v) is 1.76. The quantitative estimate of drug-likeness (QED) is 0.852. The van der Waals surface area contributed by atoms with Crippen LogP contribution in [-0.4, -0.2) is 30.1 Å². The van der Waals surface area contributed by atoms with Crippen molar-refractivity contribution >= 4 is 11.6 Å². The van der Waals surface area contributed by atoms with Gasteiger partial charge in [0, 0.05) is 32.1 Å². The minimum absolute atomic E-state index is 0.0181. The molecule has 0 aliphatic rings. The van der Waals surface area contributed by atoms with Crippen molar-refractivity contribution in [3.8, 4) is 6.07 Å². The van der Waals surface area contributed by atoms with E-state index in [0.717, 1.165) is 24.0 Å². The maximum atomic E-state index is 8.95. The molecule has 0 fully saturated rings. The van der Waals surface area contributed by atoms with Crippen LogP contribution >= 0.6 is 0 Å². The molecular formula is C14H23N5. The number of hydrogen-bond acceptors (Lipinski definition) is 5. The standard InChI is InChI=1S/C14H23N5/c1-6-19(9-11(4)8-15)13-7-12(16-5)17-14(18-13)10(2)3/h7,10-11H,6,9H2,1-5H3,(H,16,17,18). The second-order valence-electron chi connectivity index (χ2n) is 4.94. The zero-order chi connectivity index (χ0) is 14.4. The molecule has 1 atom stereocenters. The van der Waals surface area contributed by atoms with Crippen LogP contribution in [0.3, 0.4) is 0 Å². The number of nitrogens with zero attached hydrogens (tertiary/aromatic N) is 4. The van der Waals surface area contributed by atoms with Crippen molar-refractivity contribution in [3.63, 3.8) is 0 Å². The Hall–Kier alpha value is -1.83. The Morgan fingerprint density at radius 2 is 2.05 bits per heavy atom. The van der Waals surface area contributed by atoms with Gasteiger partial charge >= 0.3 is 0 Å². The normalized spacial score (nSPS) is 12.1. The minimum Gasteiger partial charge on any atom is -0.373 e. The third-order valence-corrected chi connectivity index (χ3v) is 2.92. The summed E-state index contributed by atoms with van der Waals surface area (Å²) in [6, 6.07) is 4.19. The van der Waals surface area contributed by atoms with Crippen LogP contribution in [0.25, 0.3) is 0 Å². The number of anilines is 2. The van der Waals surface area contributed by atoms with E-state index in [9.17, 15) is 0 Å². The summed E-state index contributed by atoms with van der Waals surface area (Å²) >= 11 is 0. The Bertz CT molecular complexity index is 450. The highest BCUT2D eigenvalue weighted by atomic mass is 15.2. The van der Waals surface area contributed by atoms with E-state index in [0.29, 0.717) is 6.54 Å². The Morgan fingerprint density at radius 3 is 2.53 bits per heavy atom. The van der Waals surface area contributed by atoms with Crippen molar-refractivity contribution in [3.05, 3.63) is 11.9 Å². The van der Waals surface area contributed by atoms with Gasteiger partial charge in [-0.3, -0.25) is 0 Å². The van der Waals surface area contributed by atoms with Gasteiger partial charge in [-0.15, -0.1) is 0 Å². The van der Waals surface area contributed by atoms with Gasteiger partial charge in [-0.25, -0.2) is 9.97 Å². The number of nitriles is 1. The number of nitrogens with one attached hydrogen (secondary N) is 1. The summed E-state index contributed by atoms with van der Waals surface area (Å²) in [5.74, 6) is 2.78. The molecule has 1 heterocycles.